The highest BCUT2D eigenvalue weighted by molar-refractivity contribution is 6.08. The number of benzene rings is 2. The van der Waals surface area contributed by atoms with Crippen molar-refractivity contribution in [2.75, 3.05) is 26.7 Å². The van der Waals surface area contributed by atoms with Gasteiger partial charge in [0, 0.05) is 48.7 Å². The van der Waals surface area contributed by atoms with E-state index in [0.717, 1.165) is 42.3 Å². The number of nitriles is 1. The van der Waals surface area contributed by atoms with E-state index < -0.39 is 5.82 Å². The van der Waals surface area contributed by atoms with E-state index in [4.69, 9.17) is 14.7 Å². The van der Waals surface area contributed by atoms with Gasteiger partial charge in [0.2, 0.25) is 5.88 Å². The number of nitrogens with one attached hydrogen (secondary N) is 1. The molecule has 12 nitrogen and oxygen atoms in total. The van der Waals surface area contributed by atoms with E-state index >= 15 is 4.39 Å². The van der Waals surface area contributed by atoms with Crippen molar-refractivity contribution in [2.45, 2.75) is 71.6 Å². The van der Waals surface area contributed by atoms with Gasteiger partial charge in [0.05, 0.1) is 29.7 Å². The van der Waals surface area contributed by atoms with Crippen molar-refractivity contribution in [1.29, 1.82) is 5.26 Å². The third-order valence-electron chi connectivity index (χ3n) is 9.14. The smallest absolute Gasteiger partial charge is 0.245 e. The number of fused-ring (bicyclic) bond motifs is 4. The van der Waals surface area contributed by atoms with Crippen LogP contribution in [-0.2, 0) is 18.4 Å². The van der Waals surface area contributed by atoms with Crippen LogP contribution in [0.1, 0.15) is 57.3 Å². The average Bonchev–Trinajstić information content (AvgIpc) is 3.64. The summed E-state index contributed by atoms with van der Waals surface area (Å²) >= 11 is 0. The molecule has 1 aliphatic rings. The summed E-state index contributed by atoms with van der Waals surface area (Å²) in [5.41, 5.74) is 7.34. The van der Waals surface area contributed by atoms with Gasteiger partial charge in [0.25, 0.3) is 0 Å². The zero-order valence-corrected chi connectivity index (χ0v) is 28.5. The van der Waals surface area contributed by atoms with Gasteiger partial charge in [-0.15, -0.1) is 5.10 Å². The quantitative estimate of drug-likeness (QED) is 0.166. The highest BCUT2D eigenvalue weighted by Gasteiger charge is 2.32. The lowest BCUT2D eigenvalue weighted by Gasteiger charge is -2.35. The molecule has 252 valence electrons. The number of piperidine rings is 1. The van der Waals surface area contributed by atoms with Crippen molar-refractivity contribution in [1.82, 2.24) is 45.2 Å². The molecule has 2 unspecified atom stereocenters. The maximum Gasteiger partial charge on any atom is 0.245 e. The van der Waals surface area contributed by atoms with Gasteiger partial charge in [0.1, 0.15) is 17.1 Å². The Hall–Kier alpha value is -4.64. The summed E-state index contributed by atoms with van der Waals surface area (Å²) < 4.78 is 27.3. The van der Waals surface area contributed by atoms with Crippen LogP contribution < -0.4 is 10.2 Å². The predicted molar refractivity (Wildman–Crippen MR) is 183 cm³/mol. The van der Waals surface area contributed by atoms with Crippen LogP contribution in [0.15, 0.2) is 37.0 Å². The highest BCUT2D eigenvalue weighted by atomic mass is 19.1. The standard InChI is InChI=1S/C35H43FN10O2/c1-8-16-43(6)20-23(5)47-35-33-34(46(42-40-33)24-14-17-45(22(4)19-24)48-38-9-2)26-18-21(3)29(31(36)32(26)39-35)25-11-10-12-28-30(25)27(13-15-37)41-44(28)7/h9-12,18,22-24,38H,2,8,13-14,16-17,19-20H2,1,3-7H3/t22-,23?,24?/m1/s1. The molecule has 0 saturated carbocycles. The Bertz CT molecular complexity index is 2010. The molecule has 0 bridgehead atoms. The number of likely N-dealkylation sites (N-methyl/N-ethyl adjacent to an activating group) is 1. The van der Waals surface area contributed by atoms with Crippen molar-refractivity contribution in [2.24, 2.45) is 7.05 Å². The second kappa shape index (κ2) is 13.8. The average molecular weight is 655 g/mol. The van der Waals surface area contributed by atoms with E-state index in [-0.39, 0.29) is 36.0 Å². The number of hydrogen-bond acceptors (Lipinski definition) is 10. The number of pyridine rings is 1. The van der Waals surface area contributed by atoms with Crippen molar-refractivity contribution in [3.05, 3.63) is 54.1 Å². The molecule has 2 aromatic carbocycles. The fourth-order valence-electron chi connectivity index (χ4n) is 7.10. The largest absolute Gasteiger partial charge is 0.472 e. The molecule has 5 aromatic rings. The van der Waals surface area contributed by atoms with E-state index in [1.54, 1.807) is 4.68 Å². The normalized spacial score (nSPS) is 17.7. The molecule has 1 saturated heterocycles. The van der Waals surface area contributed by atoms with Gasteiger partial charge in [-0.1, -0.05) is 30.8 Å². The summed E-state index contributed by atoms with van der Waals surface area (Å²) in [4.78, 5) is 12.7. The van der Waals surface area contributed by atoms with Crippen molar-refractivity contribution >= 4 is 32.8 Å². The number of rotatable bonds is 12. The molecule has 1 aliphatic heterocycles. The molecule has 13 heteroatoms. The third kappa shape index (κ3) is 6.07. The molecular weight excluding hydrogens is 611 g/mol. The summed E-state index contributed by atoms with van der Waals surface area (Å²) in [6.07, 6.45) is 3.87. The fraction of sp³-hybridized carbons (Fsp3) is 0.457. The number of halogens is 1. The lowest BCUT2D eigenvalue weighted by atomic mass is 9.93. The first kappa shape index (κ1) is 33.3. The highest BCUT2D eigenvalue weighted by Crippen LogP contribution is 2.41. The lowest BCUT2D eigenvalue weighted by molar-refractivity contribution is -0.232. The SMILES string of the molecule is C=CNON1CCC(n2nnc3c(OC(C)CN(C)CCC)nc4c(F)c(-c5cccc6c5c(CC#N)nn6C)c(C)cc4c32)C[C@H]1C. The lowest BCUT2D eigenvalue weighted by Crippen LogP contribution is -2.43. The van der Waals surface area contributed by atoms with Crippen LogP contribution >= 0.6 is 0 Å². The van der Waals surface area contributed by atoms with Crippen LogP contribution in [0.4, 0.5) is 4.39 Å². The minimum atomic E-state index is -0.466. The first-order chi connectivity index (χ1) is 23.2. The second-order valence-corrected chi connectivity index (χ2v) is 12.8. The Kier molecular flexibility index (Phi) is 9.59. The van der Waals surface area contributed by atoms with Crippen LogP contribution in [-0.4, -0.2) is 78.5 Å². The zero-order chi connectivity index (χ0) is 34.1. The van der Waals surface area contributed by atoms with Gasteiger partial charge in [-0.2, -0.15) is 20.4 Å². The molecule has 0 aliphatic carbocycles. The molecule has 1 N–H and O–H groups in total. The molecule has 4 heterocycles. The van der Waals surface area contributed by atoms with Gasteiger partial charge < -0.3 is 9.64 Å². The first-order valence-electron chi connectivity index (χ1n) is 16.5. The molecular formula is C35H43FN10O2. The zero-order valence-electron chi connectivity index (χ0n) is 28.5. The minimum Gasteiger partial charge on any atom is -0.472 e. The van der Waals surface area contributed by atoms with Crippen LogP contribution in [0, 0.1) is 24.1 Å². The van der Waals surface area contributed by atoms with Crippen molar-refractivity contribution in [3.8, 4) is 23.1 Å². The van der Waals surface area contributed by atoms with E-state index in [1.807, 2.05) is 54.9 Å². The van der Waals surface area contributed by atoms with Gasteiger partial charge in [-0.3, -0.25) is 10.2 Å². The first-order valence-corrected chi connectivity index (χ1v) is 16.5. The summed E-state index contributed by atoms with van der Waals surface area (Å²) in [7, 11) is 3.89. The maximum absolute atomic E-state index is 17.2. The van der Waals surface area contributed by atoms with Crippen molar-refractivity contribution in [3.63, 3.8) is 0 Å². The molecule has 48 heavy (non-hydrogen) atoms. The van der Waals surface area contributed by atoms with E-state index in [1.165, 1.54) is 6.20 Å². The Labute approximate surface area is 279 Å². The molecule has 0 amide bonds. The summed E-state index contributed by atoms with van der Waals surface area (Å²) in [6.45, 7) is 14.0. The number of aryl methyl sites for hydroxylation is 2. The van der Waals surface area contributed by atoms with Crippen LogP contribution in [0.5, 0.6) is 5.88 Å². The predicted octanol–water partition coefficient (Wildman–Crippen LogP) is 5.76. The number of hydrogen-bond donors (Lipinski definition) is 1. The number of hydroxylamine groups is 3. The maximum atomic E-state index is 17.2. The topological polar surface area (TPSA) is 122 Å². The molecule has 3 aromatic heterocycles. The van der Waals surface area contributed by atoms with Gasteiger partial charge >= 0.3 is 0 Å². The third-order valence-corrected chi connectivity index (χ3v) is 9.14. The number of ether oxygens (including phenoxy) is 1. The Morgan fingerprint density at radius 2 is 2.12 bits per heavy atom. The number of aromatic nitrogens is 6. The van der Waals surface area contributed by atoms with Crippen LogP contribution in [0.25, 0.3) is 44.0 Å². The summed E-state index contributed by atoms with van der Waals surface area (Å²) in [5, 5.41) is 26.6. The second-order valence-electron chi connectivity index (χ2n) is 12.8. The van der Waals surface area contributed by atoms with E-state index in [0.29, 0.717) is 46.3 Å². The Morgan fingerprint density at radius 1 is 1.31 bits per heavy atom. The molecule has 1 fully saturated rings. The molecule has 3 atom stereocenters. The van der Waals surface area contributed by atoms with E-state index in [9.17, 15) is 5.26 Å². The molecule has 0 spiro atoms. The number of nitrogens with zero attached hydrogens (tertiary/aromatic N) is 9. The monoisotopic (exact) mass is 654 g/mol. The van der Waals surface area contributed by atoms with Gasteiger partial charge in [-0.25, -0.2) is 14.1 Å². The van der Waals surface area contributed by atoms with Crippen molar-refractivity contribution < 1.29 is 14.1 Å². The minimum absolute atomic E-state index is 0.0131. The van der Waals surface area contributed by atoms with Crippen LogP contribution in [0.2, 0.25) is 0 Å². The Morgan fingerprint density at radius 3 is 2.85 bits per heavy atom. The Balaban J connectivity index is 1.54. The molecule has 0 radical (unpaired) electrons. The van der Waals surface area contributed by atoms with E-state index in [2.05, 4.69) is 59.3 Å². The fourth-order valence-corrected chi connectivity index (χ4v) is 7.10. The molecule has 6 rings (SSSR count). The van der Waals surface area contributed by atoms with Gasteiger partial charge in [-0.05, 0) is 76.9 Å². The van der Waals surface area contributed by atoms with Gasteiger partial charge in [0.15, 0.2) is 11.3 Å². The summed E-state index contributed by atoms with van der Waals surface area (Å²) in [6, 6.07) is 9.94. The summed E-state index contributed by atoms with van der Waals surface area (Å²) in [5.74, 6) is -0.213. The van der Waals surface area contributed by atoms with Crippen LogP contribution in [0.3, 0.4) is 0 Å².